The Morgan fingerprint density at radius 3 is 2.71 bits per heavy atom. The molecule has 4 heterocycles. The van der Waals surface area contributed by atoms with Gasteiger partial charge < -0.3 is 9.64 Å². The molecule has 5 rings (SSSR count). The number of pyridine rings is 1. The number of benzene rings is 1. The van der Waals surface area contributed by atoms with Gasteiger partial charge in [0.05, 0.1) is 6.61 Å². The predicted molar refractivity (Wildman–Crippen MR) is 105 cm³/mol. The first kappa shape index (κ1) is 17.2. The number of amides is 1. The van der Waals surface area contributed by atoms with Crippen molar-refractivity contribution in [1.82, 2.24) is 19.5 Å². The van der Waals surface area contributed by atoms with E-state index in [1.807, 2.05) is 47.5 Å². The first-order chi connectivity index (χ1) is 13.8. The van der Waals surface area contributed by atoms with Gasteiger partial charge in [-0.15, -0.1) is 10.2 Å². The number of rotatable bonds is 2. The highest BCUT2D eigenvalue weighted by Gasteiger charge is 2.31. The lowest BCUT2D eigenvalue weighted by atomic mass is 9.92. The molecule has 1 saturated heterocycles. The van der Waals surface area contributed by atoms with E-state index in [1.165, 1.54) is 0 Å². The maximum atomic E-state index is 13.2. The van der Waals surface area contributed by atoms with Crippen molar-refractivity contribution < 1.29 is 9.53 Å². The van der Waals surface area contributed by atoms with Crippen molar-refractivity contribution in [2.75, 3.05) is 19.7 Å². The van der Waals surface area contributed by atoms with Crippen molar-refractivity contribution in [1.29, 1.82) is 0 Å². The van der Waals surface area contributed by atoms with E-state index in [1.54, 1.807) is 0 Å². The van der Waals surface area contributed by atoms with E-state index >= 15 is 0 Å². The van der Waals surface area contributed by atoms with E-state index in [2.05, 4.69) is 20.7 Å². The minimum atomic E-state index is 0.00845. The van der Waals surface area contributed by atoms with Gasteiger partial charge in [-0.3, -0.25) is 9.20 Å². The Labute approximate surface area is 164 Å². The summed E-state index contributed by atoms with van der Waals surface area (Å²) in [4.78, 5) is 15.2. The molecule has 1 aromatic carbocycles. The smallest absolute Gasteiger partial charge is 0.226 e. The number of likely N-dealkylation sites (tertiary alicyclic amines) is 1. The van der Waals surface area contributed by atoms with Crippen LogP contribution in [0, 0.1) is 5.92 Å². The molecule has 0 spiro atoms. The van der Waals surface area contributed by atoms with Crippen LogP contribution in [0.1, 0.15) is 36.6 Å². The number of nitrogens with zero attached hydrogens (tertiary/aromatic N) is 4. The van der Waals surface area contributed by atoms with Crippen molar-refractivity contribution in [3.63, 3.8) is 0 Å². The molecule has 2 aromatic heterocycles. The molecule has 1 atom stereocenters. The highest BCUT2D eigenvalue weighted by molar-refractivity contribution is 5.79. The van der Waals surface area contributed by atoms with E-state index in [0.29, 0.717) is 12.5 Å². The number of aromatic nitrogens is 3. The van der Waals surface area contributed by atoms with Gasteiger partial charge in [-0.1, -0.05) is 24.3 Å². The average molecular weight is 376 g/mol. The highest BCUT2D eigenvalue weighted by Crippen LogP contribution is 2.31. The molecule has 1 fully saturated rings. The van der Waals surface area contributed by atoms with Gasteiger partial charge in [0, 0.05) is 31.1 Å². The lowest BCUT2D eigenvalue weighted by Gasteiger charge is -2.33. The Kier molecular flexibility index (Phi) is 4.47. The summed E-state index contributed by atoms with van der Waals surface area (Å²) >= 11 is 0. The van der Waals surface area contributed by atoms with Crippen LogP contribution < -0.4 is 4.74 Å². The monoisotopic (exact) mass is 376 g/mol. The van der Waals surface area contributed by atoms with Crippen LogP contribution >= 0.6 is 0 Å². The van der Waals surface area contributed by atoms with Crippen LogP contribution in [-0.4, -0.2) is 45.1 Å². The first-order valence-corrected chi connectivity index (χ1v) is 10.1. The van der Waals surface area contributed by atoms with Crippen molar-refractivity contribution in [2.24, 2.45) is 5.92 Å². The van der Waals surface area contributed by atoms with Gasteiger partial charge in [0.1, 0.15) is 11.6 Å². The SMILES string of the molecule is O=C([C@H]1CCOc2ccccc2C1)N1CCC(c2nnc3ccccn23)CC1. The molecule has 2 aliphatic heterocycles. The third-order valence-corrected chi connectivity index (χ3v) is 6.02. The topological polar surface area (TPSA) is 59.7 Å². The van der Waals surface area contributed by atoms with Gasteiger partial charge >= 0.3 is 0 Å². The number of para-hydroxylation sites is 1. The molecule has 6 nitrogen and oxygen atoms in total. The summed E-state index contributed by atoms with van der Waals surface area (Å²) < 4.78 is 7.91. The normalized spacial score (nSPS) is 20.4. The highest BCUT2D eigenvalue weighted by atomic mass is 16.5. The molecular formula is C22H24N4O2. The summed E-state index contributed by atoms with van der Waals surface area (Å²) in [7, 11) is 0. The molecule has 0 saturated carbocycles. The quantitative estimate of drug-likeness (QED) is 0.690. The van der Waals surface area contributed by atoms with Crippen LogP contribution in [0.15, 0.2) is 48.7 Å². The van der Waals surface area contributed by atoms with E-state index in [0.717, 1.165) is 61.6 Å². The summed E-state index contributed by atoms with van der Waals surface area (Å²) in [6.07, 6.45) is 5.43. The Morgan fingerprint density at radius 2 is 1.82 bits per heavy atom. The minimum Gasteiger partial charge on any atom is -0.493 e. The van der Waals surface area contributed by atoms with Gasteiger partial charge in [0.2, 0.25) is 5.91 Å². The van der Waals surface area contributed by atoms with Crippen LogP contribution in [0.5, 0.6) is 5.75 Å². The maximum absolute atomic E-state index is 13.2. The van der Waals surface area contributed by atoms with Gasteiger partial charge in [-0.05, 0) is 49.4 Å². The molecule has 144 valence electrons. The molecule has 0 aliphatic carbocycles. The van der Waals surface area contributed by atoms with E-state index in [-0.39, 0.29) is 11.8 Å². The lowest BCUT2D eigenvalue weighted by Crippen LogP contribution is -2.42. The first-order valence-electron chi connectivity index (χ1n) is 10.1. The number of hydrogen-bond acceptors (Lipinski definition) is 4. The summed E-state index contributed by atoms with van der Waals surface area (Å²) in [6, 6.07) is 14.0. The van der Waals surface area contributed by atoms with Crippen LogP contribution in [0.3, 0.4) is 0 Å². The number of carbonyl (C=O) groups excluding carboxylic acids is 1. The summed E-state index contributed by atoms with van der Waals surface area (Å²) in [6.45, 7) is 2.17. The Bertz CT molecular complexity index is 991. The van der Waals surface area contributed by atoms with Crippen LogP contribution in [0.2, 0.25) is 0 Å². The van der Waals surface area contributed by atoms with Crippen LogP contribution in [-0.2, 0) is 11.2 Å². The van der Waals surface area contributed by atoms with Crippen molar-refractivity contribution in [2.45, 2.75) is 31.6 Å². The Balaban J connectivity index is 1.26. The zero-order valence-electron chi connectivity index (χ0n) is 15.8. The van der Waals surface area contributed by atoms with Crippen molar-refractivity contribution in [3.8, 4) is 5.75 Å². The molecule has 0 N–H and O–H groups in total. The third kappa shape index (κ3) is 3.13. The minimum absolute atomic E-state index is 0.00845. The Morgan fingerprint density at radius 1 is 1.00 bits per heavy atom. The second-order valence-electron chi connectivity index (χ2n) is 7.73. The van der Waals surface area contributed by atoms with Crippen molar-refractivity contribution in [3.05, 3.63) is 60.0 Å². The summed E-state index contributed by atoms with van der Waals surface area (Å²) in [5.74, 6) is 2.56. The largest absolute Gasteiger partial charge is 0.493 e. The number of fused-ring (bicyclic) bond motifs is 2. The second kappa shape index (κ2) is 7.26. The fraction of sp³-hybridized carbons (Fsp3) is 0.409. The summed E-state index contributed by atoms with van der Waals surface area (Å²) in [5.41, 5.74) is 2.02. The molecule has 6 heteroatoms. The molecular weight excluding hydrogens is 352 g/mol. The number of piperidine rings is 1. The molecule has 3 aromatic rings. The maximum Gasteiger partial charge on any atom is 0.226 e. The average Bonchev–Trinajstić information content (AvgIpc) is 3.05. The predicted octanol–water partition coefficient (Wildman–Crippen LogP) is 3.08. The van der Waals surface area contributed by atoms with Gasteiger partial charge in [0.25, 0.3) is 0 Å². The van der Waals surface area contributed by atoms with E-state index in [9.17, 15) is 4.79 Å². The molecule has 0 radical (unpaired) electrons. The molecule has 1 amide bonds. The van der Waals surface area contributed by atoms with Gasteiger partial charge in [-0.25, -0.2) is 0 Å². The van der Waals surface area contributed by atoms with E-state index in [4.69, 9.17) is 4.74 Å². The van der Waals surface area contributed by atoms with Gasteiger partial charge in [-0.2, -0.15) is 0 Å². The van der Waals surface area contributed by atoms with E-state index < -0.39 is 0 Å². The fourth-order valence-electron chi connectivity index (χ4n) is 4.46. The van der Waals surface area contributed by atoms with Crippen LogP contribution in [0.25, 0.3) is 5.65 Å². The van der Waals surface area contributed by atoms with Crippen molar-refractivity contribution >= 4 is 11.6 Å². The van der Waals surface area contributed by atoms with Crippen LogP contribution in [0.4, 0.5) is 0 Å². The molecule has 28 heavy (non-hydrogen) atoms. The number of hydrogen-bond donors (Lipinski definition) is 0. The zero-order chi connectivity index (χ0) is 18.9. The number of carbonyl (C=O) groups is 1. The standard InChI is InChI=1S/C22H24N4O2/c27-22(18-10-14-28-19-6-2-1-5-17(19)15-18)25-12-8-16(9-13-25)21-24-23-20-7-3-4-11-26(20)21/h1-7,11,16,18H,8-10,12-15H2/t18-/m0/s1. The fourth-order valence-corrected chi connectivity index (χ4v) is 4.46. The number of ether oxygens (including phenoxy) is 1. The molecule has 0 bridgehead atoms. The molecule has 2 aliphatic rings. The summed E-state index contributed by atoms with van der Waals surface area (Å²) in [5, 5.41) is 8.68. The third-order valence-electron chi connectivity index (χ3n) is 6.02. The Hall–Kier alpha value is -2.89. The molecule has 0 unspecified atom stereocenters. The zero-order valence-corrected chi connectivity index (χ0v) is 15.8. The van der Waals surface area contributed by atoms with Gasteiger partial charge in [0.15, 0.2) is 5.65 Å². The second-order valence-corrected chi connectivity index (χ2v) is 7.73. The lowest BCUT2D eigenvalue weighted by molar-refractivity contribution is -0.137.